The maximum atomic E-state index is 12.7. The van der Waals surface area contributed by atoms with Crippen molar-refractivity contribution < 1.29 is 4.79 Å². The number of hydrogen-bond donors (Lipinski definition) is 0. The van der Waals surface area contributed by atoms with Crippen LogP contribution in [0.1, 0.15) is 5.56 Å². The summed E-state index contributed by atoms with van der Waals surface area (Å²) in [6.45, 7) is 8.90. The summed E-state index contributed by atoms with van der Waals surface area (Å²) in [5.74, 6) is 0.269. The molecule has 2 saturated heterocycles. The van der Waals surface area contributed by atoms with Crippen LogP contribution in [0.2, 0.25) is 0 Å². The molecule has 0 bridgehead atoms. The lowest BCUT2D eigenvalue weighted by Gasteiger charge is -2.38. The normalized spacial score (nSPS) is 19.4. The number of nitrogens with zero attached hydrogens (tertiary/aromatic N) is 5. The van der Waals surface area contributed by atoms with Crippen molar-refractivity contribution in [3.63, 3.8) is 0 Å². The maximum Gasteiger partial charge on any atom is 0.236 e. The number of carbonyl (C=O) groups excluding carboxylic acids is 1. The molecule has 7 heteroatoms. The van der Waals surface area contributed by atoms with Gasteiger partial charge in [0, 0.05) is 70.5 Å². The van der Waals surface area contributed by atoms with Crippen molar-refractivity contribution in [2.24, 2.45) is 0 Å². The van der Waals surface area contributed by atoms with Gasteiger partial charge >= 0.3 is 0 Å². The number of benzene rings is 1. The molecular weight excluding hydrogens is 358 g/mol. The molecule has 0 aliphatic carbocycles. The Morgan fingerprint density at radius 1 is 0.926 bits per heavy atom. The van der Waals surface area contributed by atoms with Crippen molar-refractivity contribution in [1.29, 1.82) is 0 Å². The fourth-order valence-electron chi connectivity index (χ4n) is 3.76. The second-order valence-corrected chi connectivity index (χ2v) is 8.09. The van der Waals surface area contributed by atoms with E-state index in [0.29, 0.717) is 6.54 Å². The molecule has 27 heavy (non-hydrogen) atoms. The van der Waals surface area contributed by atoms with E-state index in [1.807, 2.05) is 16.5 Å². The van der Waals surface area contributed by atoms with Gasteiger partial charge in [-0.2, -0.15) is 0 Å². The third-order valence-electron chi connectivity index (χ3n) is 5.39. The summed E-state index contributed by atoms with van der Waals surface area (Å²) in [4.78, 5) is 26.1. The summed E-state index contributed by atoms with van der Waals surface area (Å²) in [6.07, 6.45) is 1.84. The fraction of sp³-hybridized carbons (Fsp3) is 0.500. The predicted molar refractivity (Wildman–Crippen MR) is 109 cm³/mol. The molecular formula is C20H27N5OS. The van der Waals surface area contributed by atoms with Crippen molar-refractivity contribution in [2.75, 3.05) is 63.8 Å². The van der Waals surface area contributed by atoms with Crippen LogP contribution in [0.3, 0.4) is 0 Å². The van der Waals surface area contributed by atoms with E-state index in [2.05, 4.69) is 50.0 Å². The number of piperazine rings is 2. The Labute approximate surface area is 165 Å². The maximum absolute atomic E-state index is 12.7. The molecule has 0 saturated carbocycles. The van der Waals surface area contributed by atoms with Gasteiger partial charge in [0.05, 0.1) is 6.54 Å². The van der Waals surface area contributed by atoms with Crippen LogP contribution < -0.4 is 4.90 Å². The second-order valence-electron chi connectivity index (χ2n) is 7.22. The lowest BCUT2D eigenvalue weighted by Crippen LogP contribution is -2.53. The Balaban J connectivity index is 1.19. The number of thiazole rings is 1. The lowest BCUT2D eigenvalue weighted by atomic mass is 10.2. The summed E-state index contributed by atoms with van der Waals surface area (Å²) in [5, 5.41) is 3.07. The van der Waals surface area contributed by atoms with Crippen LogP contribution in [0.4, 0.5) is 5.13 Å². The van der Waals surface area contributed by atoms with Gasteiger partial charge in [0.2, 0.25) is 5.91 Å². The fourth-order valence-corrected chi connectivity index (χ4v) is 4.45. The summed E-state index contributed by atoms with van der Waals surface area (Å²) < 4.78 is 0. The third kappa shape index (κ3) is 4.86. The molecule has 0 spiro atoms. The standard InChI is InChI=1S/C20H27N5OS/c26-19(24-11-13-25(14-12-24)20-21-6-15-27-20)17-23-9-7-22(8-10-23)16-18-4-2-1-3-5-18/h1-6,15H,7-14,16-17H2. The first-order valence-corrected chi connectivity index (χ1v) is 10.6. The van der Waals surface area contributed by atoms with Crippen molar-refractivity contribution in [3.05, 3.63) is 47.5 Å². The molecule has 2 aromatic rings. The molecule has 2 aliphatic rings. The highest BCUT2D eigenvalue weighted by Crippen LogP contribution is 2.19. The van der Waals surface area contributed by atoms with Crippen molar-refractivity contribution in [1.82, 2.24) is 19.7 Å². The van der Waals surface area contributed by atoms with Gasteiger partial charge in [-0.15, -0.1) is 11.3 Å². The van der Waals surface area contributed by atoms with Crippen LogP contribution in [0.5, 0.6) is 0 Å². The van der Waals surface area contributed by atoms with Gasteiger partial charge in [-0.05, 0) is 5.56 Å². The van der Waals surface area contributed by atoms with E-state index >= 15 is 0 Å². The van der Waals surface area contributed by atoms with Crippen molar-refractivity contribution in [3.8, 4) is 0 Å². The van der Waals surface area contributed by atoms with E-state index in [4.69, 9.17) is 0 Å². The molecule has 1 aromatic heterocycles. The van der Waals surface area contributed by atoms with Crippen LogP contribution in [0.25, 0.3) is 0 Å². The zero-order valence-electron chi connectivity index (χ0n) is 15.7. The van der Waals surface area contributed by atoms with Gasteiger partial charge in [0.15, 0.2) is 5.13 Å². The number of anilines is 1. The average Bonchev–Trinajstić information content (AvgIpc) is 3.25. The molecule has 0 unspecified atom stereocenters. The average molecular weight is 386 g/mol. The molecule has 4 rings (SSSR count). The Hall–Kier alpha value is -1.96. The Morgan fingerprint density at radius 3 is 2.30 bits per heavy atom. The monoisotopic (exact) mass is 385 g/mol. The number of hydrogen-bond acceptors (Lipinski definition) is 6. The van der Waals surface area contributed by atoms with E-state index in [-0.39, 0.29) is 5.91 Å². The number of carbonyl (C=O) groups is 1. The van der Waals surface area contributed by atoms with Gasteiger partial charge in [0.1, 0.15) is 0 Å². The minimum absolute atomic E-state index is 0.269. The quantitative estimate of drug-likeness (QED) is 0.782. The minimum atomic E-state index is 0.269. The lowest BCUT2D eigenvalue weighted by molar-refractivity contribution is -0.133. The molecule has 2 aliphatic heterocycles. The first-order valence-electron chi connectivity index (χ1n) is 9.69. The molecule has 3 heterocycles. The van der Waals surface area contributed by atoms with Gasteiger partial charge in [-0.1, -0.05) is 30.3 Å². The highest BCUT2D eigenvalue weighted by atomic mass is 32.1. The Kier molecular flexibility index (Phi) is 6.01. The Morgan fingerprint density at radius 2 is 1.63 bits per heavy atom. The molecule has 1 amide bonds. The first-order chi connectivity index (χ1) is 13.3. The second kappa shape index (κ2) is 8.82. The van der Waals surface area contributed by atoms with Crippen LogP contribution in [-0.2, 0) is 11.3 Å². The molecule has 1 aromatic carbocycles. The number of rotatable bonds is 5. The summed E-state index contributed by atoms with van der Waals surface area (Å²) in [7, 11) is 0. The zero-order valence-corrected chi connectivity index (χ0v) is 16.5. The highest BCUT2D eigenvalue weighted by Gasteiger charge is 2.25. The molecule has 2 fully saturated rings. The molecule has 144 valence electrons. The minimum Gasteiger partial charge on any atom is -0.345 e. The van der Waals surface area contributed by atoms with E-state index in [9.17, 15) is 4.79 Å². The van der Waals surface area contributed by atoms with E-state index < -0.39 is 0 Å². The van der Waals surface area contributed by atoms with Crippen LogP contribution in [0, 0.1) is 0 Å². The van der Waals surface area contributed by atoms with Gasteiger partial charge in [-0.3, -0.25) is 14.6 Å². The summed E-state index contributed by atoms with van der Waals surface area (Å²) in [6, 6.07) is 10.6. The van der Waals surface area contributed by atoms with Gasteiger partial charge < -0.3 is 9.80 Å². The SMILES string of the molecule is O=C(CN1CCN(Cc2ccccc2)CC1)N1CCN(c2nccs2)CC1. The van der Waals surface area contributed by atoms with Crippen molar-refractivity contribution >= 4 is 22.4 Å². The van der Waals surface area contributed by atoms with Crippen molar-refractivity contribution in [2.45, 2.75) is 6.54 Å². The predicted octanol–water partition coefficient (Wildman–Crippen LogP) is 1.61. The van der Waals surface area contributed by atoms with Gasteiger partial charge in [0.25, 0.3) is 0 Å². The van der Waals surface area contributed by atoms with E-state index in [1.54, 1.807) is 11.3 Å². The molecule has 0 N–H and O–H groups in total. The smallest absolute Gasteiger partial charge is 0.236 e. The molecule has 0 radical (unpaired) electrons. The zero-order chi connectivity index (χ0) is 18.5. The largest absolute Gasteiger partial charge is 0.345 e. The summed E-state index contributed by atoms with van der Waals surface area (Å²) >= 11 is 1.67. The van der Waals surface area contributed by atoms with Crippen LogP contribution >= 0.6 is 11.3 Å². The number of amides is 1. The van der Waals surface area contributed by atoms with E-state index in [1.165, 1.54) is 5.56 Å². The highest BCUT2D eigenvalue weighted by molar-refractivity contribution is 7.13. The van der Waals surface area contributed by atoms with Crippen LogP contribution in [-0.4, -0.2) is 84.5 Å². The Bertz CT molecular complexity index is 707. The van der Waals surface area contributed by atoms with Crippen LogP contribution in [0.15, 0.2) is 41.9 Å². The number of aromatic nitrogens is 1. The topological polar surface area (TPSA) is 42.9 Å². The van der Waals surface area contributed by atoms with Gasteiger partial charge in [-0.25, -0.2) is 4.98 Å². The third-order valence-corrected chi connectivity index (χ3v) is 6.23. The summed E-state index contributed by atoms with van der Waals surface area (Å²) in [5.41, 5.74) is 1.36. The molecule has 6 nitrogen and oxygen atoms in total. The van der Waals surface area contributed by atoms with E-state index in [0.717, 1.165) is 64.0 Å². The molecule has 0 atom stereocenters. The first kappa shape index (κ1) is 18.4.